The molecule has 0 aromatic heterocycles. The minimum absolute atomic E-state index is 0.000487. The second-order valence-electron chi connectivity index (χ2n) is 6.98. The molecule has 3 rings (SSSR count). The number of likely N-dealkylation sites (tertiary alicyclic amines) is 1. The number of benzene rings is 1. The Morgan fingerprint density at radius 1 is 1.25 bits per heavy atom. The van der Waals surface area contributed by atoms with Crippen molar-refractivity contribution in [3.63, 3.8) is 0 Å². The molecule has 1 saturated heterocycles. The van der Waals surface area contributed by atoms with E-state index in [1.807, 2.05) is 11.0 Å². The molecule has 2 aliphatic rings. The minimum Gasteiger partial charge on any atom is -0.339 e. The fraction of sp³-hybridized carbons (Fsp3) is 0.529. The number of carbonyl (C=O) groups excluding carboxylic acids is 1. The SMILES string of the molecule is CS(=O)(=O)NC1CC2(CCN(C(=O)c3ccc(C#N)cc3)CC2)C1. The van der Waals surface area contributed by atoms with Gasteiger partial charge >= 0.3 is 0 Å². The number of sulfonamides is 1. The van der Waals surface area contributed by atoms with Crippen LogP contribution in [0.25, 0.3) is 0 Å². The lowest BCUT2D eigenvalue weighted by Gasteiger charge is -2.52. The first-order chi connectivity index (χ1) is 11.3. The average molecular weight is 347 g/mol. The molecule has 2 fully saturated rings. The molecule has 1 aromatic carbocycles. The van der Waals surface area contributed by atoms with E-state index < -0.39 is 10.0 Å². The highest BCUT2D eigenvalue weighted by molar-refractivity contribution is 7.88. The van der Waals surface area contributed by atoms with E-state index in [1.54, 1.807) is 24.3 Å². The molecule has 0 radical (unpaired) electrons. The molecule has 1 aliphatic heterocycles. The van der Waals surface area contributed by atoms with Gasteiger partial charge in [0, 0.05) is 24.7 Å². The van der Waals surface area contributed by atoms with E-state index >= 15 is 0 Å². The van der Waals surface area contributed by atoms with E-state index in [1.165, 1.54) is 6.26 Å². The van der Waals surface area contributed by atoms with Crippen molar-refractivity contribution in [1.29, 1.82) is 5.26 Å². The van der Waals surface area contributed by atoms with Crippen LogP contribution in [0.3, 0.4) is 0 Å². The Hall–Kier alpha value is -1.91. The van der Waals surface area contributed by atoms with E-state index in [0.29, 0.717) is 24.2 Å². The fourth-order valence-corrected chi connectivity index (χ4v) is 4.61. The monoisotopic (exact) mass is 347 g/mol. The number of nitrogens with one attached hydrogen (secondary N) is 1. The number of piperidine rings is 1. The molecule has 1 aromatic rings. The first-order valence-corrected chi connectivity index (χ1v) is 9.96. The van der Waals surface area contributed by atoms with Crippen LogP contribution >= 0.6 is 0 Å². The van der Waals surface area contributed by atoms with Crippen molar-refractivity contribution >= 4 is 15.9 Å². The molecule has 1 amide bonds. The summed E-state index contributed by atoms with van der Waals surface area (Å²) in [4.78, 5) is 14.4. The second kappa shape index (κ2) is 6.19. The molecular formula is C17H21N3O3S. The number of carbonyl (C=O) groups is 1. The van der Waals surface area contributed by atoms with Gasteiger partial charge in [-0.25, -0.2) is 13.1 Å². The zero-order valence-electron chi connectivity index (χ0n) is 13.7. The Labute approximate surface area is 142 Å². The summed E-state index contributed by atoms with van der Waals surface area (Å²) in [6.07, 6.45) is 4.74. The summed E-state index contributed by atoms with van der Waals surface area (Å²) in [7, 11) is -3.14. The lowest BCUT2D eigenvalue weighted by molar-refractivity contribution is 0.0138. The highest BCUT2D eigenvalue weighted by Gasteiger charge is 2.47. The molecule has 1 aliphatic carbocycles. The maximum absolute atomic E-state index is 12.5. The van der Waals surface area contributed by atoms with Crippen LogP contribution in [-0.4, -0.2) is 44.6 Å². The quantitative estimate of drug-likeness (QED) is 0.897. The lowest BCUT2D eigenvalue weighted by atomic mass is 9.60. The molecular weight excluding hydrogens is 326 g/mol. The van der Waals surface area contributed by atoms with Crippen LogP contribution in [0.5, 0.6) is 0 Å². The van der Waals surface area contributed by atoms with Crippen molar-refractivity contribution < 1.29 is 13.2 Å². The van der Waals surface area contributed by atoms with Crippen molar-refractivity contribution in [1.82, 2.24) is 9.62 Å². The lowest BCUT2D eigenvalue weighted by Crippen LogP contribution is -2.55. The van der Waals surface area contributed by atoms with Crippen molar-refractivity contribution in [2.24, 2.45) is 5.41 Å². The van der Waals surface area contributed by atoms with E-state index in [9.17, 15) is 13.2 Å². The third kappa shape index (κ3) is 3.60. The Balaban J connectivity index is 1.54. The zero-order valence-corrected chi connectivity index (χ0v) is 14.5. The van der Waals surface area contributed by atoms with E-state index in [0.717, 1.165) is 25.7 Å². The molecule has 1 saturated carbocycles. The van der Waals surface area contributed by atoms with Gasteiger partial charge in [-0.15, -0.1) is 0 Å². The van der Waals surface area contributed by atoms with Crippen LogP contribution in [0.4, 0.5) is 0 Å². The van der Waals surface area contributed by atoms with Crippen molar-refractivity contribution in [3.05, 3.63) is 35.4 Å². The second-order valence-corrected chi connectivity index (χ2v) is 8.76. The van der Waals surface area contributed by atoms with E-state index in [-0.39, 0.29) is 17.4 Å². The molecule has 1 heterocycles. The first-order valence-electron chi connectivity index (χ1n) is 8.07. The molecule has 7 heteroatoms. The standard InChI is InChI=1S/C17H21N3O3S/c1-24(22,23)19-15-10-17(11-15)6-8-20(9-7-17)16(21)14-4-2-13(12-18)3-5-14/h2-5,15,19H,6-11H2,1H3. The highest BCUT2D eigenvalue weighted by atomic mass is 32.2. The predicted octanol–water partition coefficient (Wildman–Crippen LogP) is 1.49. The number of nitriles is 1. The number of hydrogen-bond donors (Lipinski definition) is 1. The minimum atomic E-state index is -3.14. The molecule has 24 heavy (non-hydrogen) atoms. The molecule has 0 unspecified atom stereocenters. The van der Waals surface area contributed by atoms with Gasteiger partial charge in [-0.05, 0) is 55.4 Å². The molecule has 6 nitrogen and oxygen atoms in total. The summed E-state index contributed by atoms with van der Waals surface area (Å²) in [5, 5.41) is 8.81. The first kappa shape index (κ1) is 16.9. The Kier molecular flexibility index (Phi) is 4.37. The summed E-state index contributed by atoms with van der Waals surface area (Å²) < 4.78 is 25.2. The van der Waals surface area contributed by atoms with Gasteiger partial charge < -0.3 is 4.90 Å². The summed E-state index contributed by atoms with van der Waals surface area (Å²) in [6.45, 7) is 1.40. The Bertz CT molecular complexity index is 764. The van der Waals surface area contributed by atoms with E-state index in [2.05, 4.69) is 4.72 Å². The van der Waals surface area contributed by atoms with Gasteiger partial charge in [0.25, 0.3) is 5.91 Å². The topological polar surface area (TPSA) is 90.3 Å². The summed E-state index contributed by atoms with van der Waals surface area (Å²) in [6, 6.07) is 8.80. The number of nitrogens with zero attached hydrogens (tertiary/aromatic N) is 2. The smallest absolute Gasteiger partial charge is 0.253 e. The van der Waals surface area contributed by atoms with Gasteiger partial charge in [-0.3, -0.25) is 4.79 Å². The summed E-state index contributed by atoms with van der Waals surface area (Å²) in [5.41, 5.74) is 1.34. The van der Waals surface area contributed by atoms with Gasteiger partial charge in [0.2, 0.25) is 10.0 Å². The van der Waals surface area contributed by atoms with Crippen LogP contribution < -0.4 is 4.72 Å². The zero-order chi connectivity index (χ0) is 17.4. The molecule has 1 spiro atoms. The largest absolute Gasteiger partial charge is 0.339 e. The fourth-order valence-electron chi connectivity index (χ4n) is 3.83. The molecule has 128 valence electrons. The van der Waals surface area contributed by atoms with Gasteiger partial charge in [0.05, 0.1) is 17.9 Å². The van der Waals surface area contributed by atoms with E-state index in [4.69, 9.17) is 5.26 Å². The third-order valence-electron chi connectivity index (χ3n) is 5.11. The van der Waals surface area contributed by atoms with Crippen molar-refractivity contribution in [2.45, 2.75) is 31.7 Å². The normalized spacial score (nSPS) is 20.4. The third-order valence-corrected chi connectivity index (χ3v) is 5.87. The maximum atomic E-state index is 12.5. The van der Waals surface area contributed by atoms with Crippen molar-refractivity contribution in [3.8, 4) is 6.07 Å². The molecule has 1 N–H and O–H groups in total. The van der Waals surface area contributed by atoms with Crippen LogP contribution in [0.1, 0.15) is 41.6 Å². The maximum Gasteiger partial charge on any atom is 0.253 e. The van der Waals surface area contributed by atoms with Gasteiger partial charge in [-0.2, -0.15) is 5.26 Å². The predicted molar refractivity (Wildman–Crippen MR) is 89.7 cm³/mol. The number of rotatable bonds is 3. The van der Waals surface area contributed by atoms with Crippen LogP contribution in [-0.2, 0) is 10.0 Å². The number of amides is 1. The Morgan fingerprint density at radius 3 is 2.33 bits per heavy atom. The van der Waals surface area contributed by atoms with Crippen LogP contribution in [0, 0.1) is 16.7 Å². The summed E-state index contributed by atoms with van der Waals surface area (Å²) >= 11 is 0. The average Bonchev–Trinajstić information content (AvgIpc) is 2.52. The van der Waals surface area contributed by atoms with Crippen LogP contribution in [0.2, 0.25) is 0 Å². The van der Waals surface area contributed by atoms with Crippen LogP contribution in [0.15, 0.2) is 24.3 Å². The molecule has 0 atom stereocenters. The Morgan fingerprint density at radius 2 is 1.83 bits per heavy atom. The van der Waals surface area contributed by atoms with Gasteiger partial charge in [0.1, 0.15) is 0 Å². The van der Waals surface area contributed by atoms with Gasteiger partial charge in [0.15, 0.2) is 0 Å². The van der Waals surface area contributed by atoms with Gasteiger partial charge in [-0.1, -0.05) is 0 Å². The van der Waals surface area contributed by atoms with Crippen molar-refractivity contribution in [2.75, 3.05) is 19.3 Å². The summed E-state index contributed by atoms with van der Waals surface area (Å²) in [5.74, 6) is -0.000487. The number of hydrogen-bond acceptors (Lipinski definition) is 4. The molecule has 0 bridgehead atoms. The highest BCUT2D eigenvalue weighted by Crippen LogP contribution is 2.49.